The van der Waals surface area contributed by atoms with E-state index in [0.717, 1.165) is 47.6 Å². The Bertz CT molecular complexity index is 871. The average Bonchev–Trinajstić information content (AvgIpc) is 3.04. The normalized spacial score (nSPS) is 15.8. The smallest absolute Gasteiger partial charge is 0.225 e. The number of nitrogens with zero attached hydrogens (tertiary/aromatic N) is 4. The molecule has 2 aromatic rings. The van der Waals surface area contributed by atoms with Gasteiger partial charge in [-0.25, -0.2) is 4.99 Å². The molecule has 30 heavy (non-hydrogen) atoms. The third-order valence-corrected chi connectivity index (χ3v) is 5.70. The first-order valence-electron chi connectivity index (χ1n) is 9.83. The number of hydrogen-bond donors (Lipinski definition) is 3. The van der Waals surface area contributed by atoms with E-state index in [-0.39, 0.29) is 35.8 Å². The first-order valence-corrected chi connectivity index (χ1v) is 11.2. The van der Waals surface area contributed by atoms with Gasteiger partial charge in [-0.2, -0.15) is 11.8 Å². The molecule has 1 aromatic carbocycles. The van der Waals surface area contributed by atoms with Crippen LogP contribution in [0.4, 0.5) is 5.69 Å². The molecule has 3 rings (SSSR count). The predicted octanol–water partition coefficient (Wildman–Crippen LogP) is 2.66. The molecule has 0 aliphatic carbocycles. The van der Waals surface area contributed by atoms with Crippen molar-refractivity contribution >= 4 is 53.3 Å². The summed E-state index contributed by atoms with van der Waals surface area (Å²) in [6.07, 6.45) is 3.63. The maximum Gasteiger partial charge on any atom is 0.225 e. The summed E-state index contributed by atoms with van der Waals surface area (Å²) in [4.78, 5) is 16.8. The fourth-order valence-corrected chi connectivity index (χ4v) is 3.67. The molecule has 164 valence electrons. The van der Waals surface area contributed by atoms with Gasteiger partial charge in [0.25, 0.3) is 0 Å². The van der Waals surface area contributed by atoms with Gasteiger partial charge in [0.1, 0.15) is 12.4 Å². The van der Waals surface area contributed by atoms with Gasteiger partial charge < -0.3 is 20.5 Å². The van der Waals surface area contributed by atoms with E-state index < -0.39 is 0 Å². The van der Waals surface area contributed by atoms with E-state index in [1.807, 2.05) is 48.5 Å². The van der Waals surface area contributed by atoms with Crippen molar-refractivity contribution in [3.8, 4) is 0 Å². The lowest BCUT2D eigenvalue weighted by molar-refractivity contribution is -0.116. The Hall–Kier alpha value is -1.82. The minimum absolute atomic E-state index is 0. The van der Waals surface area contributed by atoms with Crippen molar-refractivity contribution in [2.24, 2.45) is 12.0 Å². The molecule has 0 bridgehead atoms. The van der Waals surface area contributed by atoms with Crippen LogP contribution in [0, 0.1) is 6.92 Å². The van der Waals surface area contributed by atoms with Crippen LogP contribution < -0.4 is 16.0 Å². The standard InChI is InChI=1S/C20H29N7OS.HI/c1-14-25-26-18(27(14)2)13-23-20(21-9-6-10-29-3)22-12-15-11-19(28)24-17-8-5-4-7-16(15)17;/h4-5,7-8,15H,6,9-13H2,1-3H3,(H,24,28)(H2,21,22,23);1H. The van der Waals surface area contributed by atoms with Gasteiger partial charge in [0.15, 0.2) is 11.8 Å². The molecule has 0 fully saturated rings. The molecule has 1 aromatic heterocycles. The minimum Gasteiger partial charge on any atom is -0.356 e. The summed E-state index contributed by atoms with van der Waals surface area (Å²) in [6, 6.07) is 7.98. The Kier molecular flexibility index (Phi) is 9.89. The average molecular weight is 543 g/mol. The number of benzene rings is 1. The molecule has 3 N–H and O–H groups in total. The second-order valence-corrected chi connectivity index (χ2v) is 8.06. The molecule has 1 amide bonds. The lowest BCUT2D eigenvalue weighted by Gasteiger charge is -2.26. The van der Waals surface area contributed by atoms with Crippen molar-refractivity contribution in [2.75, 3.05) is 30.4 Å². The number of para-hydroxylation sites is 1. The summed E-state index contributed by atoms with van der Waals surface area (Å²) in [7, 11) is 1.94. The minimum atomic E-state index is 0. The molecular weight excluding hydrogens is 513 g/mol. The number of hydrogen-bond acceptors (Lipinski definition) is 5. The van der Waals surface area contributed by atoms with Crippen molar-refractivity contribution in [3.05, 3.63) is 41.5 Å². The molecule has 0 saturated carbocycles. The van der Waals surface area contributed by atoms with Crippen LogP contribution in [-0.4, -0.2) is 51.7 Å². The van der Waals surface area contributed by atoms with Gasteiger partial charge in [-0.15, -0.1) is 34.2 Å². The highest BCUT2D eigenvalue weighted by Gasteiger charge is 2.24. The summed E-state index contributed by atoms with van der Waals surface area (Å²) in [6.45, 7) is 3.84. The number of carbonyl (C=O) groups excluding carboxylic acids is 1. The summed E-state index contributed by atoms with van der Waals surface area (Å²) in [5.74, 6) is 3.67. The number of rotatable bonds is 8. The number of halogens is 1. The maximum atomic E-state index is 12.1. The van der Waals surface area contributed by atoms with Crippen molar-refractivity contribution in [1.82, 2.24) is 25.4 Å². The second-order valence-electron chi connectivity index (χ2n) is 7.08. The van der Waals surface area contributed by atoms with Gasteiger partial charge in [-0.05, 0) is 37.0 Å². The van der Waals surface area contributed by atoms with E-state index in [9.17, 15) is 4.79 Å². The quantitative estimate of drug-likeness (QED) is 0.205. The molecule has 1 atom stereocenters. The Labute approximate surface area is 199 Å². The molecular formula is C20H30IN7OS. The molecule has 1 aliphatic heterocycles. The fourth-order valence-electron chi connectivity index (χ4n) is 3.24. The lowest BCUT2D eigenvalue weighted by atomic mass is 9.90. The highest BCUT2D eigenvalue weighted by molar-refractivity contribution is 14.0. The van der Waals surface area contributed by atoms with E-state index in [0.29, 0.717) is 19.5 Å². The Morgan fingerprint density at radius 3 is 2.87 bits per heavy atom. The van der Waals surface area contributed by atoms with E-state index in [1.54, 1.807) is 0 Å². The summed E-state index contributed by atoms with van der Waals surface area (Å²) < 4.78 is 1.94. The molecule has 0 saturated heterocycles. The van der Waals surface area contributed by atoms with Crippen LogP contribution in [-0.2, 0) is 18.4 Å². The number of carbonyl (C=O) groups is 1. The van der Waals surface area contributed by atoms with E-state index >= 15 is 0 Å². The Balaban J connectivity index is 0.00000320. The fraction of sp³-hybridized carbons (Fsp3) is 0.500. The number of fused-ring (bicyclic) bond motifs is 1. The van der Waals surface area contributed by atoms with Crippen molar-refractivity contribution in [3.63, 3.8) is 0 Å². The molecule has 10 heteroatoms. The van der Waals surface area contributed by atoms with Crippen LogP contribution in [0.3, 0.4) is 0 Å². The number of aromatic nitrogens is 3. The zero-order valence-corrected chi connectivity index (χ0v) is 20.8. The molecule has 0 radical (unpaired) electrons. The predicted molar refractivity (Wildman–Crippen MR) is 134 cm³/mol. The Morgan fingerprint density at radius 1 is 1.33 bits per heavy atom. The number of amides is 1. The first kappa shape index (κ1) is 24.4. The van der Waals surface area contributed by atoms with Gasteiger partial charge in [0.05, 0.1) is 0 Å². The summed E-state index contributed by atoms with van der Waals surface area (Å²) in [5, 5.41) is 18.0. The van der Waals surface area contributed by atoms with Gasteiger partial charge in [-0.3, -0.25) is 4.79 Å². The van der Waals surface area contributed by atoms with E-state index in [1.165, 1.54) is 0 Å². The van der Waals surface area contributed by atoms with Crippen LogP contribution in [0.1, 0.15) is 36.0 Å². The largest absolute Gasteiger partial charge is 0.356 e. The summed E-state index contributed by atoms with van der Waals surface area (Å²) >= 11 is 1.83. The van der Waals surface area contributed by atoms with Gasteiger partial charge >= 0.3 is 0 Å². The zero-order chi connectivity index (χ0) is 20.6. The Morgan fingerprint density at radius 2 is 2.13 bits per heavy atom. The van der Waals surface area contributed by atoms with Gasteiger partial charge in [0, 0.05) is 38.2 Å². The first-order chi connectivity index (χ1) is 14.1. The molecule has 1 unspecified atom stereocenters. The molecule has 1 aliphatic rings. The number of thioether (sulfide) groups is 1. The van der Waals surface area contributed by atoms with Crippen LogP contribution in [0.5, 0.6) is 0 Å². The number of aryl methyl sites for hydroxylation is 1. The maximum absolute atomic E-state index is 12.1. The third-order valence-electron chi connectivity index (χ3n) is 5.00. The van der Waals surface area contributed by atoms with Crippen molar-refractivity contribution in [1.29, 1.82) is 0 Å². The van der Waals surface area contributed by atoms with Crippen LogP contribution >= 0.6 is 35.7 Å². The van der Waals surface area contributed by atoms with Crippen molar-refractivity contribution < 1.29 is 4.79 Å². The lowest BCUT2D eigenvalue weighted by Crippen LogP contribution is -2.41. The zero-order valence-electron chi connectivity index (χ0n) is 17.6. The highest BCUT2D eigenvalue weighted by Crippen LogP contribution is 2.31. The van der Waals surface area contributed by atoms with Crippen LogP contribution in [0.2, 0.25) is 0 Å². The molecule has 8 nitrogen and oxygen atoms in total. The van der Waals surface area contributed by atoms with Gasteiger partial charge in [-0.1, -0.05) is 18.2 Å². The number of anilines is 1. The second kappa shape index (κ2) is 12.1. The molecule has 0 spiro atoms. The van der Waals surface area contributed by atoms with Crippen LogP contribution in [0.15, 0.2) is 29.3 Å². The number of nitrogens with one attached hydrogen (secondary N) is 3. The summed E-state index contributed by atoms with van der Waals surface area (Å²) in [5.41, 5.74) is 2.06. The number of guanidine groups is 1. The van der Waals surface area contributed by atoms with Crippen LogP contribution in [0.25, 0.3) is 0 Å². The topological polar surface area (TPSA) is 96.2 Å². The van der Waals surface area contributed by atoms with Gasteiger partial charge in [0.2, 0.25) is 5.91 Å². The molecule has 2 heterocycles. The highest BCUT2D eigenvalue weighted by atomic mass is 127. The third kappa shape index (κ3) is 6.59. The van der Waals surface area contributed by atoms with E-state index in [4.69, 9.17) is 0 Å². The number of aliphatic imine (C=N–C) groups is 1. The van der Waals surface area contributed by atoms with Crippen molar-refractivity contribution in [2.45, 2.75) is 32.2 Å². The van der Waals surface area contributed by atoms with E-state index in [2.05, 4.69) is 43.5 Å². The monoisotopic (exact) mass is 543 g/mol. The SMILES string of the molecule is CSCCCNC(=NCc1nnc(C)n1C)NCC1CC(=O)Nc2ccccc21.I.